The summed E-state index contributed by atoms with van der Waals surface area (Å²) in [7, 11) is 0. The quantitative estimate of drug-likeness (QED) is 0.868. The van der Waals surface area contributed by atoms with Crippen molar-refractivity contribution < 1.29 is 9.90 Å². The Bertz CT molecular complexity index is 840. The fourth-order valence-electron chi connectivity index (χ4n) is 5.41. The van der Waals surface area contributed by atoms with Gasteiger partial charge in [0.25, 0.3) is 5.91 Å². The zero-order valence-electron chi connectivity index (χ0n) is 14.9. The lowest BCUT2D eigenvalue weighted by Gasteiger charge is -2.51. The second-order valence-corrected chi connectivity index (χ2v) is 7.89. The van der Waals surface area contributed by atoms with Crippen LogP contribution in [0.3, 0.4) is 0 Å². The molecule has 0 spiro atoms. The lowest BCUT2D eigenvalue weighted by molar-refractivity contribution is -0.00359. The average molecular weight is 352 g/mol. The van der Waals surface area contributed by atoms with Gasteiger partial charge in [0.2, 0.25) is 0 Å². The summed E-state index contributed by atoms with van der Waals surface area (Å²) in [4.78, 5) is 25.2. The SMILES string of the molecule is Cc1[nH]cnc1C(=O)N1CC(c2cccc(O)c2)C2C1C1CCN2CC1. The van der Waals surface area contributed by atoms with E-state index < -0.39 is 0 Å². The number of carbonyl (C=O) groups is 1. The molecule has 4 aliphatic heterocycles. The maximum Gasteiger partial charge on any atom is 0.274 e. The number of fused-ring (bicyclic) bond motifs is 2. The number of hydrogen-bond donors (Lipinski definition) is 2. The third-order valence-corrected chi connectivity index (χ3v) is 6.59. The molecule has 2 bridgehead atoms. The first kappa shape index (κ1) is 15.9. The normalized spacial score (nSPS) is 32.7. The van der Waals surface area contributed by atoms with Crippen LogP contribution >= 0.6 is 0 Å². The van der Waals surface area contributed by atoms with E-state index in [1.165, 1.54) is 0 Å². The minimum absolute atomic E-state index is 0.0372. The van der Waals surface area contributed by atoms with E-state index in [1.807, 2.05) is 19.1 Å². The lowest BCUT2D eigenvalue weighted by atomic mass is 9.75. The fraction of sp³-hybridized carbons (Fsp3) is 0.500. The predicted octanol–water partition coefficient (Wildman–Crippen LogP) is 2.13. The van der Waals surface area contributed by atoms with Crippen molar-refractivity contribution in [2.24, 2.45) is 5.92 Å². The molecular formula is C20H24N4O2. The van der Waals surface area contributed by atoms with E-state index in [1.54, 1.807) is 12.4 Å². The first-order valence-electron chi connectivity index (χ1n) is 9.47. The van der Waals surface area contributed by atoms with Crippen molar-refractivity contribution in [2.75, 3.05) is 19.6 Å². The number of likely N-dealkylation sites (tertiary alicyclic amines) is 1. The summed E-state index contributed by atoms with van der Waals surface area (Å²) in [5.74, 6) is 1.13. The van der Waals surface area contributed by atoms with Crippen molar-refractivity contribution in [3.63, 3.8) is 0 Å². The van der Waals surface area contributed by atoms with Crippen molar-refractivity contribution >= 4 is 5.91 Å². The zero-order chi connectivity index (χ0) is 17.8. The highest BCUT2D eigenvalue weighted by molar-refractivity contribution is 5.94. The Kier molecular flexibility index (Phi) is 3.57. The number of amides is 1. The van der Waals surface area contributed by atoms with Crippen LogP contribution in [0.5, 0.6) is 5.75 Å². The van der Waals surface area contributed by atoms with E-state index in [0.29, 0.717) is 29.9 Å². The van der Waals surface area contributed by atoms with Gasteiger partial charge in [-0.3, -0.25) is 9.69 Å². The predicted molar refractivity (Wildman–Crippen MR) is 97.1 cm³/mol. The van der Waals surface area contributed by atoms with Crippen LogP contribution in [-0.4, -0.2) is 62.5 Å². The van der Waals surface area contributed by atoms with Gasteiger partial charge in [-0.05, 0) is 56.5 Å². The van der Waals surface area contributed by atoms with Crippen molar-refractivity contribution in [3.05, 3.63) is 47.5 Å². The molecule has 3 atom stereocenters. The maximum absolute atomic E-state index is 13.3. The van der Waals surface area contributed by atoms with Gasteiger partial charge in [-0.2, -0.15) is 0 Å². The summed E-state index contributed by atoms with van der Waals surface area (Å²) in [6, 6.07) is 8.13. The number of phenols is 1. The zero-order valence-corrected chi connectivity index (χ0v) is 14.9. The number of benzene rings is 1. The molecular weight excluding hydrogens is 328 g/mol. The van der Waals surface area contributed by atoms with E-state index in [2.05, 4.69) is 25.8 Å². The summed E-state index contributed by atoms with van der Waals surface area (Å²) in [5.41, 5.74) is 2.49. The lowest BCUT2D eigenvalue weighted by Crippen LogP contribution is -2.60. The van der Waals surface area contributed by atoms with Gasteiger partial charge in [-0.15, -0.1) is 0 Å². The third kappa shape index (κ3) is 2.28. The molecule has 6 rings (SSSR count). The van der Waals surface area contributed by atoms with Gasteiger partial charge in [0, 0.05) is 24.2 Å². The number of phenolic OH excluding ortho intramolecular Hbond substituents is 1. The van der Waals surface area contributed by atoms with Gasteiger partial charge >= 0.3 is 0 Å². The molecule has 4 saturated heterocycles. The highest BCUT2D eigenvalue weighted by Gasteiger charge is 2.55. The molecule has 6 nitrogen and oxygen atoms in total. The van der Waals surface area contributed by atoms with Crippen LogP contribution in [0, 0.1) is 12.8 Å². The summed E-state index contributed by atoms with van der Waals surface area (Å²) >= 11 is 0. The maximum atomic E-state index is 13.3. The molecule has 5 heterocycles. The van der Waals surface area contributed by atoms with Crippen LogP contribution in [0.15, 0.2) is 30.6 Å². The number of piperidine rings is 3. The molecule has 4 aliphatic rings. The molecule has 0 aliphatic carbocycles. The Morgan fingerprint density at radius 2 is 2.08 bits per heavy atom. The van der Waals surface area contributed by atoms with Gasteiger partial charge in [0.05, 0.1) is 12.4 Å². The number of aromatic amines is 1. The Labute approximate surface area is 152 Å². The second-order valence-electron chi connectivity index (χ2n) is 7.89. The molecule has 4 fully saturated rings. The number of aryl methyl sites for hydroxylation is 1. The van der Waals surface area contributed by atoms with Gasteiger partial charge < -0.3 is 15.0 Å². The number of H-pyrrole nitrogens is 1. The van der Waals surface area contributed by atoms with Crippen molar-refractivity contribution in [2.45, 2.75) is 37.8 Å². The molecule has 1 aromatic heterocycles. The highest BCUT2D eigenvalue weighted by atomic mass is 16.3. The van der Waals surface area contributed by atoms with Crippen LogP contribution in [0.1, 0.15) is 40.5 Å². The molecule has 26 heavy (non-hydrogen) atoms. The average Bonchev–Trinajstić information content (AvgIpc) is 3.27. The Balaban J connectivity index is 1.55. The molecule has 136 valence electrons. The summed E-state index contributed by atoms with van der Waals surface area (Å²) < 4.78 is 0. The fourth-order valence-corrected chi connectivity index (χ4v) is 5.41. The number of aromatic hydroxyl groups is 1. The monoisotopic (exact) mass is 352 g/mol. The Morgan fingerprint density at radius 1 is 1.27 bits per heavy atom. The molecule has 1 aromatic carbocycles. The van der Waals surface area contributed by atoms with Gasteiger partial charge in [-0.25, -0.2) is 4.98 Å². The number of imidazole rings is 1. The van der Waals surface area contributed by atoms with Crippen molar-refractivity contribution in [1.82, 2.24) is 19.8 Å². The van der Waals surface area contributed by atoms with Gasteiger partial charge in [0.15, 0.2) is 0 Å². The van der Waals surface area contributed by atoms with Crippen LogP contribution in [0.25, 0.3) is 0 Å². The first-order chi connectivity index (χ1) is 12.6. The summed E-state index contributed by atoms with van der Waals surface area (Å²) in [6.45, 7) is 4.82. The first-order valence-corrected chi connectivity index (χ1v) is 9.47. The van der Waals surface area contributed by atoms with E-state index in [0.717, 1.165) is 37.2 Å². The summed E-state index contributed by atoms with van der Waals surface area (Å²) in [5, 5.41) is 9.95. The van der Waals surface area contributed by atoms with E-state index in [-0.39, 0.29) is 17.9 Å². The minimum Gasteiger partial charge on any atom is -0.508 e. The van der Waals surface area contributed by atoms with Crippen LogP contribution in [0.2, 0.25) is 0 Å². The van der Waals surface area contributed by atoms with Crippen LogP contribution in [-0.2, 0) is 0 Å². The molecule has 1 amide bonds. The second kappa shape index (κ2) is 5.84. The minimum atomic E-state index is 0.0372. The standard InChI is InChI=1S/C20H24N4O2/c1-12-17(22-11-21-12)20(26)24-10-16(14-3-2-4-15(25)9-14)19-18(24)13-5-7-23(19)8-6-13/h2-4,9,11,13,16,18-19,25H,5-8,10H2,1H3,(H,21,22). The number of hydrogen-bond acceptors (Lipinski definition) is 4. The van der Waals surface area contributed by atoms with E-state index in [9.17, 15) is 9.90 Å². The smallest absolute Gasteiger partial charge is 0.274 e. The Morgan fingerprint density at radius 3 is 2.77 bits per heavy atom. The molecule has 3 unspecified atom stereocenters. The van der Waals surface area contributed by atoms with Crippen molar-refractivity contribution in [1.29, 1.82) is 0 Å². The topological polar surface area (TPSA) is 72.5 Å². The van der Waals surface area contributed by atoms with Crippen molar-refractivity contribution in [3.8, 4) is 5.75 Å². The number of nitrogens with one attached hydrogen (secondary N) is 1. The van der Waals surface area contributed by atoms with Gasteiger partial charge in [0.1, 0.15) is 11.4 Å². The number of aromatic nitrogens is 2. The third-order valence-electron chi connectivity index (χ3n) is 6.59. The number of carbonyl (C=O) groups excluding carboxylic acids is 1. The molecule has 0 saturated carbocycles. The largest absolute Gasteiger partial charge is 0.508 e. The van der Waals surface area contributed by atoms with Gasteiger partial charge in [-0.1, -0.05) is 12.1 Å². The van der Waals surface area contributed by atoms with Crippen LogP contribution in [0.4, 0.5) is 0 Å². The molecule has 6 heteroatoms. The summed E-state index contributed by atoms with van der Waals surface area (Å²) in [6.07, 6.45) is 3.92. The molecule has 2 N–H and O–H groups in total. The number of nitrogens with zero attached hydrogens (tertiary/aromatic N) is 3. The molecule has 2 aromatic rings. The number of rotatable bonds is 2. The Hall–Kier alpha value is -2.34. The van der Waals surface area contributed by atoms with Crippen LogP contribution < -0.4 is 0 Å². The highest BCUT2D eigenvalue weighted by Crippen LogP contribution is 2.47. The van der Waals surface area contributed by atoms with E-state index >= 15 is 0 Å². The molecule has 0 radical (unpaired) electrons. The van der Waals surface area contributed by atoms with E-state index in [4.69, 9.17) is 0 Å².